The van der Waals surface area contributed by atoms with E-state index in [1.54, 1.807) is 12.1 Å². The maximum absolute atomic E-state index is 11.9. The number of carbonyl (C=O) groups is 1. The molecule has 1 aromatic rings. The van der Waals surface area contributed by atoms with Crippen molar-refractivity contribution < 1.29 is 4.79 Å². The molecule has 0 N–H and O–H groups in total. The molecule has 0 amide bonds. The molecule has 3 heteroatoms. The standard InChI is InChI=1S/C11H10Cl2O/c1-7-9(11(7,12)13)10(14)8-5-3-2-4-6-8/h2-7,9H,1H3/t7-,9-/m0/s1. The second-order valence-electron chi connectivity index (χ2n) is 3.67. The van der Waals surface area contributed by atoms with E-state index in [2.05, 4.69) is 0 Å². The van der Waals surface area contributed by atoms with Gasteiger partial charge in [0.05, 0.1) is 5.92 Å². The summed E-state index contributed by atoms with van der Waals surface area (Å²) in [5.74, 6) is -0.144. The van der Waals surface area contributed by atoms with Gasteiger partial charge in [-0.15, -0.1) is 23.2 Å². The van der Waals surface area contributed by atoms with Gasteiger partial charge in [-0.1, -0.05) is 37.3 Å². The lowest BCUT2D eigenvalue weighted by atomic mass is 10.1. The minimum Gasteiger partial charge on any atom is -0.294 e. The Morgan fingerprint density at radius 1 is 1.29 bits per heavy atom. The molecule has 1 nitrogen and oxygen atoms in total. The average molecular weight is 229 g/mol. The second kappa shape index (κ2) is 3.25. The Hall–Kier alpha value is -0.530. The molecule has 1 fully saturated rings. The zero-order valence-electron chi connectivity index (χ0n) is 7.71. The first-order valence-corrected chi connectivity index (χ1v) is 5.28. The van der Waals surface area contributed by atoms with Crippen LogP contribution in [0.1, 0.15) is 17.3 Å². The summed E-state index contributed by atoms with van der Waals surface area (Å²) in [5, 5.41) is 0. The van der Waals surface area contributed by atoms with Crippen LogP contribution in [0.4, 0.5) is 0 Å². The van der Waals surface area contributed by atoms with Crippen LogP contribution in [-0.4, -0.2) is 10.1 Å². The van der Waals surface area contributed by atoms with Crippen LogP contribution in [0.15, 0.2) is 30.3 Å². The van der Waals surface area contributed by atoms with Crippen LogP contribution in [-0.2, 0) is 0 Å². The van der Waals surface area contributed by atoms with Gasteiger partial charge in [0.2, 0.25) is 0 Å². The van der Waals surface area contributed by atoms with Crippen LogP contribution < -0.4 is 0 Å². The molecule has 1 aliphatic rings. The maximum atomic E-state index is 11.9. The van der Waals surface area contributed by atoms with Gasteiger partial charge in [0.1, 0.15) is 4.33 Å². The van der Waals surface area contributed by atoms with Crippen molar-refractivity contribution in [3.05, 3.63) is 35.9 Å². The molecule has 14 heavy (non-hydrogen) atoms. The van der Waals surface area contributed by atoms with Crippen LogP contribution in [0.3, 0.4) is 0 Å². The van der Waals surface area contributed by atoms with Crippen LogP contribution in [0.5, 0.6) is 0 Å². The maximum Gasteiger partial charge on any atom is 0.169 e. The Bertz CT molecular complexity index is 359. The van der Waals surface area contributed by atoms with Crippen LogP contribution in [0.25, 0.3) is 0 Å². The molecule has 0 spiro atoms. The second-order valence-corrected chi connectivity index (χ2v) is 5.12. The molecule has 1 aliphatic carbocycles. The first-order chi connectivity index (χ1) is 6.55. The Morgan fingerprint density at radius 2 is 1.79 bits per heavy atom. The Balaban J connectivity index is 2.20. The van der Waals surface area contributed by atoms with Crippen molar-refractivity contribution >= 4 is 29.0 Å². The monoisotopic (exact) mass is 228 g/mol. The average Bonchev–Trinajstić information content (AvgIpc) is 2.67. The van der Waals surface area contributed by atoms with Crippen LogP contribution in [0, 0.1) is 11.8 Å². The predicted molar refractivity (Wildman–Crippen MR) is 57.9 cm³/mol. The van der Waals surface area contributed by atoms with E-state index in [4.69, 9.17) is 23.2 Å². The highest BCUT2D eigenvalue weighted by atomic mass is 35.5. The fourth-order valence-corrected chi connectivity index (χ4v) is 2.37. The number of hydrogen-bond acceptors (Lipinski definition) is 1. The largest absolute Gasteiger partial charge is 0.294 e. The minimum absolute atomic E-state index is 0.0445. The van der Waals surface area contributed by atoms with Crippen molar-refractivity contribution in [2.75, 3.05) is 0 Å². The van der Waals surface area contributed by atoms with E-state index < -0.39 is 4.33 Å². The molecule has 0 radical (unpaired) electrons. The van der Waals surface area contributed by atoms with Crippen molar-refractivity contribution in [2.24, 2.45) is 11.8 Å². The summed E-state index contributed by atoms with van der Waals surface area (Å²) in [5.41, 5.74) is 0.688. The summed E-state index contributed by atoms with van der Waals surface area (Å²) in [6.45, 7) is 1.89. The molecule has 0 heterocycles. The van der Waals surface area contributed by atoms with Crippen LogP contribution >= 0.6 is 23.2 Å². The Labute approximate surface area is 93.0 Å². The van der Waals surface area contributed by atoms with Gasteiger partial charge in [0.25, 0.3) is 0 Å². The third kappa shape index (κ3) is 1.45. The highest BCUT2D eigenvalue weighted by Gasteiger charge is 2.64. The van der Waals surface area contributed by atoms with Gasteiger partial charge in [0.15, 0.2) is 5.78 Å². The number of ketones is 1. The number of carbonyl (C=O) groups excluding carboxylic acids is 1. The number of Topliss-reactive ketones (excluding diaryl/α,β-unsaturated/α-hetero) is 1. The van der Waals surface area contributed by atoms with E-state index in [0.717, 1.165) is 0 Å². The van der Waals surface area contributed by atoms with Gasteiger partial charge in [-0.25, -0.2) is 0 Å². The summed E-state index contributed by atoms with van der Waals surface area (Å²) in [4.78, 5) is 11.9. The van der Waals surface area contributed by atoms with Crippen molar-refractivity contribution in [1.29, 1.82) is 0 Å². The molecule has 2 atom stereocenters. The predicted octanol–water partition coefficient (Wildman–Crippen LogP) is 3.31. The topological polar surface area (TPSA) is 17.1 Å². The summed E-state index contributed by atoms with van der Waals surface area (Å²) in [7, 11) is 0. The Kier molecular flexibility index (Phi) is 2.32. The lowest BCUT2D eigenvalue weighted by molar-refractivity contribution is 0.0961. The number of alkyl halides is 2. The molecule has 0 aliphatic heterocycles. The minimum atomic E-state index is -0.854. The third-order valence-electron chi connectivity index (χ3n) is 2.75. The summed E-state index contributed by atoms with van der Waals surface area (Å²) in [6.07, 6.45) is 0. The van der Waals surface area contributed by atoms with E-state index in [-0.39, 0.29) is 17.6 Å². The number of halogens is 2. The molecular weight excluding hydrogens is 219 g/mol. The zero-order valence-corrected chi connectivity index (χ0v) is 9.22. The normalized spacial score (nSPS) is 28.5. The lowest BCUT2D eigenvalue weighted by Crippen LogP contribution is -2.06. The quantitative estimate of drug-likeness (QED) is 0.561. The van der Waals surface area contributed by atoms with Crippen molar-refractivity contribution in [3.63, 3.8) is 0 Å². The SMILES string of the molecule is C[C@H]1[C@@H](C(=O)c2ccccc2)C1(Cl)Cl. The molecule has 1 aromatic carbocycles. The van der Waals surface area contributed by atoms with E-state index in [1.807, 2.05) is 25.1 Å². The molecule has 74 valence electrons. The Morgan fingerprint density at radius 3 is 2.21 bits per heavy atom. The number of benzene rings is 1. The van der Waals surface area contributed by atoms with Gasteiger partial charge in [-0.3, -0.25) is 4.79 Å². The van der Waals surface area contributed by atoms with Gasteiger partial charge in [0, 0.05) is 11.5 Å². The van der Waals surface area contributed by atoms with E-state index in [1.165, 1.54) is 0 Å². The molecule has 0 saturated heterocycles. The first kappa shape index (κ1) is 10.0. The highest BCUT2D eigenvalue weighted by molar-refractivity contribution is 6.53. The van der Waals surface area contributed by atoms with Crippen molar-refractivity contribution in [3.8, 4) is 0 Å². The fraction of sp³-hybridized carbons (Fsp3) is 0.364. The molecular formula is C11H10Cl2O. The van der Waals surface area contributed by atoms with Gasteiger partial charge < -0.3 is 0 Å². The fourth-order valence-electron chi connectivity index (χ4n) is 1.66. The molecule has 0 bridgehead atoms. The summed E-state index contributed by atoms with van der Waals surface area (Å²) < 4.78 is -0.854. The van der Waals surface area contributed by atoms with Crippen LogP contribution in [0.2, 0.25) is 0 Å². The molecule has 0 aromatic heterocycles. The lowest BCUT2D eigenvalue weighted by Gasteiger charge is -1.99. The highest BCUT2D eigenvalue weighted by Crippen LogP contribution is 2.59. The third-order valence-corrected chi connectivity index (χ3v) is 3.91. The number of hydrogen-bond donors (Lipinski definition) is 0. The van der Waals surface area contributed by atoms with E-state index >= 15 is 0 Å². The smallest absolute Gasteiger partial charge is 0.169 e. The number of rotatable bonds is 2. The van der Waals surface area contributed by atoms with Gasteiger partial charge in [-0.2, -0.15) is 0 Å². The van der Waals surface area contributed by atoms with Crippen molar-refractivity contribution in [1.82, 2.24) is 0 Å². The van der Waals surface area contributed by atoms with E-state index in [9.17, 15) is 4.79 Å². The summed E-state index contributed by atoms with van der Waals surface area (Å²) in [6, 6.07) is 9.13. The van der Waals surface area contributed by atoms with Gasteiger partial charge >= 0.3 is 0 Å². The summed E-state index contributed by atoms with van der Waals surface area (Å²) >= 11 is 11.9. The van der Waals surface area contributed by atoms with E-state index in [0.29, 0.717) is 5.56 Å². The van der Waals surface area contributed by atoms with Crippen molar-refractivity contribution in [2.45, 2.75) is 11.3 Å². The first-order valence-electron chi connectivity index (χ1n) is 4.52. The zero-order chi connectivity index (χ0) is 10.3. The molecule has 2 rings (SSSR count). The van der Waals surface area contributed by atoms with Gasteiger partial charge in [-0.05, 0) is 0 Å². The molecule has 1 saturated carbocycles. The molecule has 0 unspecified atom stereocenters.